The van der Waals surface area contributed by atoms with Crippen LogP contribution in [0.15, 0.2) is 24.5 Å². The van der Waals surface area contributed by atoms with Crippen molar-refractivity contribution in [3.05, 3.63) is 35.2 Å². The van der Waals surface area contributed by atoms with Crippen LogP contribution in [0.2, 0.25) is 5.02 Å². The number of anilines is 2. The minimum absolute atomic E-state index is 0.00527. The number of rotatable bonds is 3. The Bertz CT molecular complexity index is 1010. The zero-order valence-electron chi connectivity index (χ0n) is 13.5. The molecular weight excluding hydrogens is 362 g/mol. The number of ketones is 1. The van der Waals surface area contributed by atoms with Gasteiger partial charge in [0.05, 0.1) is 22.6 Å². The molecule has 1 N–H and O–H groups in total. The molecule has 0 saturated heterocycles. The molecule has 0 spiro atoms. The third kappa shape index (κ3) is 2.67. The molecule has 1 aliphatic rings. The second-order valence-corrected chi connectivity index (χ2v) is 7.34. The highest BCUT2D eigenvalue weighted by molar-refractivity contribution is 7.22. The smallest absolute Gasteiger partial charge is 0.246 e. The topological polar surface area (TPSA) is 80.1 Å². The molecule has 128 valence electrons. The highest BCUT2D eigenvalue weighted by atomic mass is 35.5. The molecule has 1 aromatic carbocycles. The zero-order chi connectivity index (χ0) is 17.7. The van der Waals surface area contributed by atoms with Gasteiger partial charge in [-0.25, -0.2) is 9.97 Å². The summed E-state index contributed by atoms with van der Waals surface area (Å²) in [6.45, 7) is 1.83. The van der Waals surface area contributed by atoms with Crippen LogP contribution < -0.4 is 10.2 Å². The van der Waals surface area contributed by atoms with Crippen LogP contribution in [0, 0.1) is 0 Å². The highest BCUT2D eigenvalue weighted by Crippen LogP contribution is 2.30. The summed E-state index contributed by atoms with van der Waals surface area (Å²) in [5, 5.41) is 3.89. The van der Waals surface area contributed by atoms with E-state index in [0.29, 0.717) is 21.7 Å². The van der Waals surface area contributed by atoms with Crippen molar-refractivity contribution in [2.45, 2.75) is 19.5 Å². The number of amides is 1. The van der Waals surface area contributed by atoms with E-state index in [1.807, 2.05) is 31.0 Å². The lowest BCUT2D eigenvalue weighted by Crippen LogP contribution is -2.29. The first-order valence-corrected chi connectivity index (χ1v) is 8.81. The standard InChI is InChI=1S/C16H14ClN5O2S/c1-8-14(24)13-15(21(8)2)18-7-22(13)6-12(23)20-16-19-10-4-3-9(17)5-11(10)25-16/h3-5,7-8H,6H2,1-2H3,(H,19,20,23). The average molecular weight is 376 g/mol. The number of likely N-dealkylation sites (N-methyl/N-ethyl adjacent to an activating group) is 1. The molecular formula is C16H14ClN5O2S. The molecule has 1 amide bonds. The van der Waals surface area contributed by atoms with Crippen LogP contribution in [0.5, 0.6) is 0 Å². The molecule has 0 radical (unpaired) electrons. The van der Waals surface area contributed by atoms with Crippen LogP contribution in [-0.2, 0) is 11.3 Å². The first-order chi connectivity index (χ1) is 11.9. The fourth-order valence-corrected chi connectivity index (χ4v) is 3.98. The highest BCUT2D eigenvalue weighted by Gasteiger charge is 2.36. The van der Waals surface area contributed by atoms with E-state index < -0.39 is 0 Å². The number of nitrogens with zero attached hydrogens (tertiary/aromatic N) is 4. The number of carbonyl (C=O) groups is 2. The number of Topliss-reactive ketones (excluding diaryl/α,β-unsaturated/α-hetero) is 1. The number of imidazole rings is 1. The minimum atomic E-state index is -0.264. The van der Waals surface area contributed by atoms with Gasteiger partial charge in [-0.2, -0.15) is 0 Å². The molecule has 3 heterocycles. The monoisotopic (exact) mass is 375 g/mol. The third-order valence-corrected chi connectivity index (χ3v) is 5.43. The van der Waals surface area contributed by atoms with E-state index in [1.165, 1.54) is 17.7 Å². The molecule has 0 aliphatic carbocycles. The maximum Gasteiger partial charge on any atom is 0.246 e. The Labute approximate surface area is 152 Å². The summed E-state index contributed by atoms with van der Waals surface area (Å²) in [6, 6.07) is 5.11. The number of carbonyl (C=O) groups excluding carboxylic acids is 2. The minimum Gasteiger partial charge on any atom is -0.348 e. The zero-order valence-corrected chi connectivity index (χ0v) is 15.1. The summed E-state index contributed by atoms with van der Waals surface area (Å²) in [4.78, 5) is 35.1. The van der Waals surface area contributed by atoms with Crippen LogP contribution >= 0.6 is 22.9 Å². The van der Waals surface area contributed by atoms with Crippen molar-refractivity contribution in [3.63, 3.8) is 0 Å². The van der Waals surface area contributed by atoms with E-state index in [1.54, 1.807) is 10.6 Å². The first-order valence-electron chi connectivity index (χ1n) is 7.62. The quantitative estimate of drug-likeness (QED) is 0.761. The van der Waals surface area contributed by atoms with Gasteiger partial charge in [-0.1, -0.05) is 22.9 Å². The van der Waals surface area contributed by atoms with Crippen LogP contribution in [0.4, 0.5) is 10.9 Å². The Morgan fingerprint density at radius 1 is 1.44 bits per heavy atom. The molecule has 0 bridgehead atoms. The van der Waals surface area contributed by atoms with Gasteiger partial charge in [0.2, 0.25) is 11.7 Å². The molecule has 7 nitrogen and oxygen atoms in total. The number of halogens is 1. The second-order valence-electron chi connectivity index (χ2n) is 5.88. The van der Waals surface area contributed by atoms with Gasteiger partial charge in [-0.15, -0.1) is 0 Å². The predicted molar refractivity (Wildman–Crippen MR) is 97.7 cm³/mol. The van der Waals surface area contributed by atoms with E-state index in [2.05, 4.69) is 15.3 Å². The van der Waals surface area contributed by atoms with E-state index in [4.69, 9.17) is 11.6 Å². The maximum absolute atomic E-state index is 12.3. The van der Waals surface area contributed by atoms with Crippen molar-refractivity contribution in [3.8, 4) is 0 Å². The van der Waals surface area contributed by atoms with E-state index in [9.17, 15) is 9.59 Å². The molecule has 0 saturated carbocycles. The van der Waals surface area contributed by atoms with Crippen LogP contribution in [0.25, 0.3) is 10.2 Å². The summed E-state index contributed by atoms with van der Waals surface area (Å²) in [6.07, 6.45) is 1.52. The van der Waals surface area contributed by atoms with Crippen molar-refractivity contribution < 1.29 is 9.59 Å². The van der Waals surface area contributed by atoms with Crippen LogP contribution in [-0.4, -0.2) is 39.3 Å². The summed E-state index contributed by atoms with van der Waals surface area (Å²) in [5.74, 6) is 0.317. The molecule has 3 aromatic rings. The Hall–Kier alpha value is -2.45. The van der Waals surface area contributed by atoms with Crippen molar-refractivity contribution in [1.82, 2.24) is 14.5 Å². The lowest BCUT2D eigenvalue weighted by atomic mass is 10.2. The molecule has 25 heavy (non-hydrogen) atoms. The van der Waals surface area contributed by atoms with Gasteiger partial charge in [0.15, 0.2) is 10.9 Å². The Morgan fingerprint density at radius 3 is 3.04 bits per heavy atom. The lowest BCUT2D eigenvalue weighted by molar-refractivity contribution is -0.116. The fourth-order valence-electron chi connectivity index (χ4n) is 2.82. The van der Waals surface area contributed by atoms with E-state index in [-0.39, 0.29) is 24.3 Å². The average Bonchev–Trinajstić information content (AvgIpc) is 3.20. The van der Waals surface area contributed by atoms with Gasteiger partial charge in [-0.05, 0) is 25.1 Å². The number of thiazole rings is 1. The van der Waals surface area contributed by atoms with Crippen LogP contribution in [0.3, 0.4) is 0 Å². The van der Waals surface area contributed by atoms with Crippen LogP contribution in [0.1, 0.15) is 17.4 Å². The van der Waals surface area contributed by atoms with Crippen molar-refractivity contribution in [1.29, 1.82) is 0 Å². The first kappa shape index (κ1) is 16.0. The number of hydrogen-bond donors (Lipinski definition) is 1. The Balaban J connectivity index is 1.53. The molecule has 4 rings (SSSR count). The van der Waals surface area contributed by atoms with Gasteiger partial charge in [0.1, 0.15) is 12.2 Å². The molecule has 1 aliphatic heterocycles. The SMILES string of the molecule is CC1C(=O)c2c(ncn2CC(=O)Nc2nc3ccc(Cl)cc3s2)N1C. The van der Waals surface area contributed by atoms with Crippen molar-refractivity contribution in [2.75, 3.05) is 17.3 Å². The number of aromatic nitrogens is 3. The summed E-state index contributed by atoms with van der Waals surface area (Å²) >= 11 is 7.32. The largest absolute Gasteiger partial charge is 0.348 e. The van der Waals surface area contributed by atoms with Crippen molar-refractivity contribution in [2.24, 2.45) is 0 Å². The van der Waals surface area contributed by atoms with E-state index >= 15 is 0 Å². The molecule has 1 unspecified atom stereocenters. The lowest BCUT2D eigenvalue weighted by Gasteiger charge is -2.14. The third-order valence-electron chi connectivity index (χ3n) is 4.26. The molecule has 1 atom stereocenters. The van der Waals surface area contributed by atoms with Gasteiger partial charge in [0.25, 0.3) is 0 Å². The number of nitrogens with one attached hydrogen (secondary N) is 1. The summed E-state index contributed by atoms with van der Waals surface area (Å²) in [5.41, 5.74) is 1.25. The number of fused-ring (bicyclic) bond motifs is 2. The molecule has 9 heteroatoms. The summed E-state index contributed by atoms with van der Waals surface area (Å²) in [7, 11) is 1.82. The normalized spacial score (nSPS) is 16.5. The van der Waals surface area contributed by atoms with Gasteiger partial charge < -0.3 is 14.8 Å². The van der Waals surface area contributed by atoms with Gasteiger partial charge >= 0.3 is 0 Å². The molecule has 0 fully saturated rings. The number of benzene rings is 1. The molecule has 2 aromatic heterocycles. The van der Waals surface area contributed by atoms with Gasteiger partial charge in [0, 0.05) is 12.1 Å². The second kappa shape index (κ2) is 5.82. The van der Waals surface area contributed by atoms with E-state index in [0.717, 1.165) is 10.2 Å². The van der Waals surface area contributed by atoms with Gasteiger partial charge in [-0.3, -0.25) is 9.59 Å². The Kier molecular flexibility index (Phi) is 3.73. The van der Waals surface area contributed by atoms with Crippen molar-refractivity contribution >= 4 is 55.8 Å². The number of hydrogen-bond acceptors (Lipinski definition) is 6. The fraction of sp³-hybridized carbons (Fsp3) is 0.250. The maximum atomic E-state index is 12.3. The Morgan fingerprint density at radius 2 is 2.24 bits per heavy atom. The summed E-state index contributed by atoms with van der Waals surface area (Å²) < 4.78 is 2.48. The predicted octanol–water partition coefficient (Wildman–Crippen LogP) is 2.81.